The second-order valence-corrected chi connectivity index (χ2v) is 4.63. The van der Waals surface area contributed by atoms with Gasteiger partial charge in [0.05, 0.1) is 5.60 Å². The number of carbonyl (C=O) groups excluding carboxylic acids is 1. The molecule has 0 spiro atoms. The Morgan fingerprint density at radius 2 is 2.22 bits per heavy atom. The van der Waals surface area contributed by atoms with Crippen molar-refractivity contribution in [2.75, 3.05) is 13.2 Å². The first kappa shape index (κ1) is 14.6. The molecule has 0 aliphatic heterocycles. The Hall–Kier alpha value is -1.46. The molecule has 0 bridgehead atoms. The van der Waals surface area contributed by atoms with E-state index in [0.29, 0.717) is 25.4 Å². The average molecular weight is 251 g/mol. The van der Waals surface area contributed by atoms with Crippen molar-refractivity contribution in [2.24, 2.45) is 5.73 Å². The summed E-state index contributed by atoms with van der Waals surface area (Å²) in [6.07, 6.45) is 1.61. The quantitative estimate of drug-likeness (QED) is 0.793. The predicted molar refractivity (Wildman–Crippen MR) is 70.2 cm³/mol. The summed E-state index contributed by atoms with van der Waals surface area (Å²) in [6, 6.07) is 3.47. The van der Waals surface area contributed by atoms with Gasteiger partial charge in [-0.15, -0.1) is 0 Å². The van der Waals surface area contributed by atoms with Gasteiger partial charge in [0.15, 0.2) is 0 Å². The maximum atomic E-state index is 11.8. The van der Waals surface area contributed by atoms with Gasteiger partial charge in [0.2, 0.25) is 0 Å². The average Bonchev–Trinajstić information content (AvgIpc) is 2.36. The molecule has 1 amide bonds. The van der Waals surface area contributed by atoms with Gasteiger partial charge in [-0.3, -0.25) is 9.78 Å². The van der Waals surface area contributed by atoms with Crippen molar-refractivity contribution < 1.29 is 9.53 Å². The molecule has 100 valence electrons. The molecule has 0 saturated heterocycles. The Morgan fingerprint density at radius 3 is 2.72 bits per heavy atom. The Morgan fingerprint density at radius 1 is 1.50 bits per heavy atom. The molecule has 0 aliphatic rings. The van der Waals surface area contributed by atoms with Gasteiger partial charge >= 0.3 is 0 Å². The van der Waals surface area contributed by atoms with Crippen LogP contribution in [0.4, 0.5) is 0 Å². The molecule has 0 fully saturated rings. The minimum Gasteiger partial charge on any atom is -0.374 e. The van der Waals surface area contributed by atoms with Crippen LogP contribution in [0.3, 0.4) is 0 Å². The number of amides is 1. The Labute approximate surface area is 108 Å². The largest absolute Gasteiger partial charge is 0.374 e. The first-order valence-electron chi connectivity index (χ1n) is 6.05. The van der Waals surface area contributed by atoms with Gasteiger partial charge in [-0.1, -0.05) is 6.07 Å². The number of nitrogens with zero attached hydrogens (tertiary/aromatic N) is 1. The fourth-order valence-corrected chi connectivity index (χ4v) is 1.51. The summed E-state index contributed by atoms with van der Waals surface area (Å²) < 4.78 is 5.50. The molecule has 0 unspecified atom stereocenters. The summed E-state index contributed by atoms with van der Waals surface area (Å²) in [5.41, 5.74) is 6.39. The Bertz CT molecular complexity index is 388. The third-order valence-electron chi connectivity index (χ3n) is 2.50. The Balaban J connectivity index is 2.54. The van der Waals surface area contributed by atoms with Gasteiger partial charge in [-0.05, 0) is 32.4 Å². The number of nitrogens with two attached hydrogens (primary N) is 1. The van der Waals surface area contributed by atoms with Crippen molar-refractivity contribution in [2.45, 2.75) is 32.9 Å². The number of hydrogen-bond acceptors (Lipinski definition) is 4. The zero-order valence-electron chi connectivity index (χ0n) is 11.2. The molecule has 0 aliphatic carbocycles. The SMILES string of the molecule is CCOC(C)(C)CNC(=O)c1ccc(CN)cn1. The summed E-state index contributed by atoms with van der Waals surface area (Å²) >= 11 is 0. The van der Waals surface area contributed by atoms with Crippen molar-refractivity contribution >= 4 is 5.91 Å². The standard InChI is InChI=1S/C13H21N3O2/c1-4-18-13(2,3)9-16-12(17)11-6-5-10(7-14)8-15-11/h5-6,8H,4,7,9,14H2,1-3H3,(H,16,17). The Kier molecular flexibility index (Phi) is 5.25. The van der Waals surface area contributed by atoms with Crippen molar-refractivity contribution in [1.82, 2.24) is 10.3 Å². The van der Waals surface area contributed by atoms with E-state index in [1.54, 1.807) is 18.3 Å². The van der Waals surface area contributed by atoms with E-state index in [-0.39, 0.29) is 11.5 Å². The van der Waals surface area contributed by atoms with Crippen LogP contribution < -0.4 is 11.1 Å². The van der Waals surface area contributed by atoms with E-state index in [1.807, 2.05) is 20.8 Å². The van der Waals surface area contributed by atoms with Crippen molar-refractivity contribution in [3.05, 3.63) is 29.6 Å². The molecule has 3 N–H and O–H groups in total. The van der Waals surface area contributed by atoms with Crippen LogP contribution in [-0.4, -0.2) is 29.6 Å². The van der Waals surface area contributed by atoms with Crippen molar-refractivity contribution in [1.29, 1.82) is 0 Å². The van der Waals surface area contributed by atoms with Gasteiger partial charge in [-0.25, -0.2) is 0 Å². The molecule has 0 radical (unpaired) electrons. The van der Waals surface area contributed by atoms with Crippen LogP contribution in [0, 0.1) is 0 Å². The van der Waals surface area contributed by atoms with E-state index in [9.17, 15) is 4.79 Å². The van der Waals surface area contributed by atoms with Crippen LogP contribution in [0.5, 0.6) is 0 Å². The van der Waals surface area contributed by atoms with Crippen LogP contribution in [-0.2, 0) is 11.3 Å². The minimum absolute atomic E-state index is 0.202. The fourth-order valence-electron chi connectivity index (χ4n) is 1.51. The van der Waals surface area contributed by atoms with E-state index in [0.717, 1.165) is 5.56 Å². The lowest BCUT2D eigenvalue weighted by Gasteiger charge is -2.24. The lowest BCUT2D eigenvalue weighted by Crippen LogP contribution is -2.40. The lowest BCUT2D eigenvalue weighted by molar-refractivity contribution is -0.00818. The van der Waals surface area contributed by atoms with E-state index >= 15 is 0 Å². The predicted octanol–water partition coefficient (Wildman–Crippen LogP) is 1.09. The third-order valence-corrected chi connectivity index (χ3v) is 2.50. The second-order valence-electron chi connectivity index (χ2n) is 4.63. The first-order chi connectivity index (χ1) is 8.48. The molecule has 0 atom stereocenters. The zero-order valence-corrected chi connectivity index (χ0v) is 11.2. The molecule has 0 aromatic carbocycles. The van der Waals surface area contributed by atoms with Gasteiger partial charge in [0, 0.05) is 25.9 Å². The number of nitrogens with one attached hydrogen (secondary N) is 1. The molecule has 1 aromatic rings. The maximum absolute atomic E-state index is 11.8. The van der Waals surface area contributed by atoms with Gasteiger partial charge in [0.25, 0.3) is 5.91 Å². The summed E-state index contributed by atoms with van der Waals surface area (Å²) in [4.78, 5) is 15.9. The van der Waals surface area contributed by atoms with Crippen LogP contribution in [0.2, 0.25) is 0 Å². The highest BCUT2D eigenvalue weighted by molar-refractivity contribution is 5.92. The smallest absolute Gasteiger partial charge is 0.269 e. The molecule has 1 aromatic heterocycles. The summed E-state index contributed by atoms with van der Waals surface area (Å²) in [7, 11) is 0. The monoisotopic (exact) mass is 251 g/mol. The number of pyridine rings is 1. The summed E-state index contributed by atoms with van der Waals surface area (Å²) in [6.45, 7) is 7.28. The van der Waals surface area contributed by atoms with Gasteiger partial charge in [-0.2, -0.15) is 0 Å². The fraction of sp³-hybridized carbons (Fsp3) is 0.538. The molecule has 5 nitrogen and oxygen atoms in total. The second kappa shape index (κ2) is 6.47. The van der Waals surface area contributed by atoms with E-state index in [2.05, 4.69) is 10.3 Å². The van der Waals surface area contributed by atoms with Gasteiger partial charge < -0.3 is 15.8 Å². The van der Waals surface area contributed by atoms with Crippen LogP contribution in [0.1, 0.15) is 36.8 Å². The molecule has 1 rings (SSSR count). The van der Waals surface area contributed by atoms with E-state index < -0.39 is 0 Å². The highest BCUT2D eigenvalue weighted by Gasteiger charge is 2.19. The molecule has 5 heteroatoms. The first-order valence-corrected chi connectivity index (χ1v) is 6.05. The van der Waals surface area contributed by atoms with Crippen LogP contribution in [0.15, 0.2) is 18.3 Å². The number of ether oxygens (including phenoxy) is 1. The zero-order chi connectivity index (χ0) is 13.6. The topological polar surface area (TPSA) is 77.2 Å². The lowest BCUT2D eigenvalue weighted by atomic mass is 10.1. The van der Waals surface area contributed by atoms with Gasteiger partial charge in [0.1, 0.15) is 5.69 Å². The molecular formula is C13H21N3O2. The molecule has 1 heterocycles. The van der Waals surface area contributed by atoms with Crippen LogP contribution >= 0.6 is 0 Å². The van der Waals surface area contributed by atoms with Crippen molar-refractivity contribution in [3.63, 3.8) is 0 Å². The summed E-state index contributed by atoms with van der Waals surface area (Å²) in [5, 5.41) is 2.80. The van der Waals surface area contributed by atoms with Crippen molar-refractivity contribution in [3.8, 4) is 0 Å². The third kappa shape index (κ3) is 4.43. The highest BCUT2D eigenvalue weighted by Crippen LogP contribution is 2.07. The molecule has 0 saturated carbocycles. The maximum Gasteiger partial charge on any atom is 0.269 e. The van der Waals surface area contributed by atoms with E-state index in [1.165, 1.54) is 0 Å². The van der Waals surface area contributed by atoms with Crippen LogP contribution in [0.25, 0.3) is 0 Å². The van der Waals surface area contributed by atoms with E-state index in [4.69, 9.17) is 10.5 Å². The summed E-state index contributed by atoms with van der Waals surface area (Å²) in [5.74, 6) is -0.202. The minimum atomic E-state index is -0.373. The molecule has 18 heavy (non-hydrogen) atoms. The normalized spacial score (nSPS) is 11.3. The number of aromatic nitrogens is 1. The number of carbonyl (C=O) groups is 1. The number of hydrogen-bond donors (Lipinski definition) is 2. The number of rotatable bonds is 6. The highest BCUT2D eigenvalue weighted by atomic mass is 16.5. The molecular weight excluding hydrogens is 230 g/mol.